The van der Waals surface area contributed by atoms with Crippen LogP contribution in [0.1, 0.15) is 5.69 Å². The number of hydrogen-bond acceptors (Lipinski definition) is 4. The van der Waals surface area contributed by atoms with Gasteiger partial charge in [0.05, 0.1) is 11.9 Å². The molecule has 17 heavy (non-hydrogen) atoms. The number of aryl methyl sites for hydroxylation is 1. The minimum Gasteiger partial charge on any atom is -0.399 e. The Bertz CT molecular complexity index is 616. The molecule has 7 heteroatoms. The molecule has 0 aliphatic heterocycles. The smallest absolute Gasteiger partial charge is 0.265 e. The normalized spacial score (nSPS) is 11.4. The van der Waals surface area contributed by atoms with Crippen LogP contribution in [0.15, 0.2) is 35.4 Å². The molecule has 4 N–H and O–H groups in total. The van der Waals surface area contributed by atoms with E-state index in [4.69, 9.17) is 5.73 Å². The van der Waals surface area contributed by atoms with Crippen LogP contribution in [-0.4, -0.2) is 18.6 Å². The van der Waals surface area contributed by atoms with Gasteiger partial charge in [-0.05, 0) is 31.2 Å². The topological polar surface area (TPSA) is 101 Å². The van der Waals surface area contributed by atoms with E-state index in [2.05, 4.69) is 14.9 Å². The molecule has 0 fully saturated rings. The Labute approximate surface area is 98.9 Å². The molecule has 2 rings (SSSR count). The van der Waals surface area contributed by atoms with Gasteiger partial charge in [-0.15, -0.1) is 0 Å². The zero-order valence-corrected chi connectivity index (χ0v) is 9.95. The van der Waals surface area contributed by atoms with Crippen molar-refractivity contribution in [1.29, 1.82) is 0 Å². The van der Waals surface area contributed by atoms with Gasteiger partial charge in [0.25, 0.3) is 10.0 Å². The van der Waals surface area contributed by atoms with Crippen molar-refractivity contribution in [2.45, 2.75) is 11.8 Å². The first-order valence-corrected chi connectivity index (χ1v) is 6.36. The fourth-order valence-electron chi connectivity index (χ4n) is 1.37. The zero-order valence-electron chi connectivity index (χ0n) is 9.14. The molecule has 0 radical (unpaired) electrons. The highest BCUT2D eigenvalue weighted by atomic mass is 32.2. The van der Waals surface area contributed by atoms with E-state index < -0.39 is 10.0 Å². The summed E-state index contributed by atoms with van der Waals surface area (Å²) in [6.45, 7) is 1.64. The van der Waals surface area contributed by atoms with E-state index in [9.17, 15) is 8.42 Å². The number of nitrogens with two attached hydrogens (primary N) is 1. The average Bonchev–Trinajstić information content (AvgIpc) is 2.68. The second-order valence-electron chi connectivity index (χ2n) is 3.59. The van der Waals surface area contributed by atoms with E-state index in [-0.39, 0.29) is 4.90 Å². The van der Waals surface area contributed by atoms with Crippen LogP contribution in [-0.2, 0) is 10.0 Å². The van der Waals surface area contributed by atoms with Crippen molar-refractivity contribution in [3.63, 3.8) is 0 Å². The fraction of sp³-hybridized carbons (Fsp3) is 0.100. The van der Waals surface area contributed by atoms with Crippen molar-refractivity contribution in [2.75, 3.05) is 10.5 Å². The minimum absolute atomic E-state index is 0.134. The maximum Gasteiger partial charge on any atom is 0.265 e. The summed E-state index contributed by atoms with van der Waals surface area (Å²) < 4.78 is 26.4. The van der Waals surface area contributed by atoms with Gasteiger partial charge < -0.3 is 5.73 Å². The maximum atomic E-state index is 12.0. The molecular weight excluding hydrogens is 240 g/mol. The minimum atomic E-state index is -3.60. The van der Waals surface area contributed by atoms with Crippen molar-refractivity contribution in [1.82, 2.24) is 10.2 Å². The highest BCUT2D eigenvalue weighted by Gasteiger charge is 2.18. The van der Waals surface area contributed by atoms with Crippen LogP contribution in [0.5, 0.6) is 0 Å². The molecule has 0 atom stereocenters. The van der Waals surface area contributed by atoms with Crippen LogP contribution in [0, 0.1) is 6.92 Å². The van der Waals surface area contributed by atoms with Crippen LogP contribution >= 0.6 is 0 Å². The molecule has 0 amide bonds. The number of nitrogens with zero attached hydrogens (tertiary/aromatic N) is 1. The lowest BCUT2D eigenvalue weighted by molar-refractivity contribution is 0.600. The standard InChI is InChI=1S/C10H12N4O2S/c1-7-10(6-12-13-7)17(15,16)14-9-4-2-8(11)3-5-9/h2-6,14H,11H2,1H3,(H,12,13). The molecule has 0 spiro atoms. The summed E-state index contributed by atoms with van der Waals surface area (Å²) in [6.07, 6.45) is 1.27. The molecule has 1 aromatic heterocycles. The molecule has 90 valence electrons. The first kappa shape index (κ1) is 11.5. The summed E-state index contributed by atoms with van der Waals surface area (Å²) in [5.41, 5.74) is 7.04. The predicted molar refractivity (Wildman–Crippen MR) is 65.0 cm³/mol. The second-order valence-corrected chi connectivity index (χ2v) is 5.24. The quantitative estimate of drug-likeness (QED) is 0.712. The lowest BCUT2D eigenvalue weighted by atomic mass is 10.3. The number of H-pyrrole nitrogens is 1. The Morgan fingerprint density at radius 3 is 2.47 bits per heavy atom. The van der Waals surface area contributed by atoms with Crippen molar-refractivity contribution in [3.05, 3.63) is 36.2 Å². The van der Waals surface area contributed by atoms with Crippen LogP contribution in [0.25, 0.3) is 0 Å². The number of sulfonamides is 1. The van der Waals surface area contributed by atoms with Gasteiger partial charge in [-0.1, -0.05) is 0 Å². The third-order valence-electron chi connectivity index (χ3n) is 2.24. The lowest BCUT2D eigenvalue weighted by Gasteiger charge is -2.07. The molecule has 6 nitrogen and oxygen atoms in total. The first-order valence-electron chi connectivity index (χ1n) is 4.87. The Kier molecular flexibility index (Phi) is 2.76. The fourth-order valence-corrected chi connectivity index (χ4v) is 2.57. The molecule has 0 saturated carbocycles. The van der Waals surface area contributed by atoms with E-state index in [0.29, 0.717) is 17.1 Å². The van der Waals surface area contributed by atoms with Crippen molar-refractivity contribution >= 4 is 21.4 Å². The van der Waals surface area contributed by atoms with Crippen molar-refractivity contribution in [3.8, 4) is 0 Å². The molecule has 0 saturated heterocycles. The molecular formula is C10H12N4O2S. The predicted octanol–water partition coefficient (Wildman–Crippen LogP) is 1.10. The zero-order chi connectivity index (χ0) is 12.5. The third-order valence-corrected chi connectivity index (χ3v) is 3.73. The van der Waals surface area contributed by atoms with Crippen LogP contribution in [0.3, 0.4) is 0 Å². The van der Waals surface area contributed by atoms with Gasteiger partial charge in [-0.3, -0.25) is 9.82 Å². The Balaban J connectivity index is 2.30. The number of aromatic nitrogens is 2. The van der Waals surface area contributed by atoms with Gasteiger partial charge in [-0.25, -0.2) is 8.42 Å². The molecule has 1 heterocycles. The number of nitrogens with one attached hydrogen (secondary N) is 2. The van der Waals surface area contributed by atoms with Gasteiger partial charge >= 0.3 is 0 Å². The summed E-state index contributed by atoms with van der Waals surface area (Å²) in [4.78, 5) is 0.134. The van der Waals surface area contributed by atoms with Gasteiger partial charge in [-0.2, -0.15) is 5.10 Å². The summed E-state index contributed by atoms with van der Waals surface area (Å²) in [7, 11) is -3.60. The van der Waals surface area contributed by atoms with Gasteiger partial charge in [0.1, 0.15) is 4.90 Å². The number of benzene rings is 1. The largest absolute Gasteiger partial charge is 0.399 e. The number of hydrogen-bond donors (Lipinski definition) is 3. The first-order chi connectivity index (χ1) is 7.99. The van der Waals surface area contributed by atoms with Crippen LogP contribution in [0.2, 0.25) is 0 Å². The van der Waals surface area contributed by atoms with Crippen LogP contribution < -0.4 is 10.5 Å². The molecule has 0 unspecified atom stereocenters. The van der Waals surface area contributed by atoms with Gasteiger partial charge in [0.2, 0.25) is 0 Å². The van der Waals surface area contributed by atoms with Crippen LogP contribution in [0.4, 0.5) is 11.4 Å². The number of rotatable bonds is 3. The van der Waals surface area contributed by atoms with Crippen molar-refractivity contribution < 1.29 is 8.42 Å². The van der Waals surface area contributed by atoms with Crippen molar-refractivity contribution in [2.24, 2.45) is 0 Å². The number of aromatic amines is 1. The Morgan fingerprint density at radius 1 is 1.29 bits per heavy atom. The average molecular weight is 252 g/mol. The van der Waals surface area contributed by atoms with E-state index in [1.807, 2.05) is 0 Å². The maximum absolute atomic E-state index is 12.0. The molecule has 2 aromatic rings. The van der Waals surface area contributed by atoms with Gasteiger partial charge in [0, 0.05) is 11.4 Å². The summed E-state index contributed by atoms with van der Waals surface area (Å²) >= 11 is 0. The highest BCUT2D eigenvalue weighted by Crippen LogP contribution is 2.18. The van der Waals surface area contributed by atoms with E-state index in [0.717, 1.165) is 0 Å². The van der Waals surface area contributed by atoms with E-state index in [1.165, 1.54) is 6.20 Å². The molecule has 0 aliphatic carbocycles. The van der Waals surface area contributed by atoms with Gasteiger partial charge in [0.15, 0.2) is 0 Å². The van der Waals surface area contributed by atoms with E-state index in [1.54, 1.807) is 31.2 Å². The van der Waals surface area contributed by atoms with E-state index >= 15 is 0 Å². The lowest BCUT2D eigenvalue weighted by Crippen LogP contribution is -2.13. The monoisotopic (exact) mass is 252 g/mol. The SMILES string of the molecule is Cc1[nH]ncc1S(=O)(=O)Nc1ccc(N)cc1. The second kappa shape index (κ2) is 4.10. The third kappa shape index (κ3) is 2.39. The molecule has 0 aliphatic rings. The molecule has 1 aromatic carbocycles. The summed E-state index contributed by atoms with van der Waals surface area (Å²) in [6, 6.07) is 6.45. The summed E-state index contributed by atoms with van der Waals surface area (Å²) in [5, 5.41) is 6.26. The highest BCUT2D eigenvalue weighted by molar-refractivity contribution is 7.92. The Morgan fingerprint density at radius 2 is 1.94 bits per heavy atom. The number of nitrogen functional groups attached to an aromatic ring is 1. The number of anilines is 2. The Hall–Kier alpha value is -2.02. The summed E-state index contributed by atoms with van der Waals surface area (Å²) in [5.74, 6) is 0. The molecule has 0 bridgehead atoms.